The van der Waals surface area contributed by atoms with Crippen molar-refractivity contribution >= 4 is 23.5 Å². The van der Waals surface area contributed by atoms with Crippen LogP contribution in [-0.2, 0) is 11.2 Å². The Morgan fingerprint density at radius 1 is 0.590 bits per heavy atom. The lowest BCUT2D eigenvalue weighted by Gasteiger charge is -2.06. The van der Waals surface area contributed by atoms with Gasteiger partial charge in [0.15, 0.2) is 5.78 Å². The fourth-order valence-corrected chi connectivity index (χ4v) is 4.78. The Balaban J connectivity index is 0.000000183. The third kappa shape index (κ3) is 8.03. The van der Waals surface area contributed by atoms with Gasteiger partial charge in [-0.3, -0.25) is 4.79 Å². The number of rotatable bonds is 7. The fraction of sp³-hybridized carbons (Fsp3) is 0.0857. The molecule has 0 heterocycles. The predicted molar refractivity (Wildman–Crippen MR) is 159 cm³/mol. The molecule has 0 radical (unpaired) electrons. The van der Waals surface area contributed by atoms with Crippen molar-refractivity contribution in [3.8, 4) is 0 Å². The lowest BCUT2D eigenvalue weighted by atomic mass is 9.98. The molecule has 0 unspecified atom stereocenters. The van der Waals surface area contributed by atoms with Gasteiger partial charge in [-0.15, -0.1) is 0 Å². The number of benzene rings is 5. The summed E-state index contributed by atoms with van der Waals surface area (Å²) in [7, 11) is 1.30. The molecule has 0 aliphatic carbocycles. The van der Waals surface area contributed by atoms with Crippen LogP contribution in [0.5, 0.6) is 0 Å². The van der Waals surface area contributed by atoms with E-state index in [1.54, 1.807) is 48.5 Å². The molecule has 5 rings (SSSR count). The standard InChI is InChI=1S/C20H18S.C15H12O3/c1-16-7-11-19(12-8-16)21-20-13-9-18(10-14-20)15-17-5-3-2-4-6-17;1-18-15(17)13-10-6-5-9-12(13)14(16)11-7-3-2-4-8-11/h2-14H,15H2,1H3;2-10H,1H3. The molecule has 4 heteroatoms. The summed E-state index contributed by atoms with van der Waals surface area (Å²) in [6.45, 7) is 2.12. The molecule has 0 aliphatic heterocycles. The van der Waals surface area contributed by atoms with Crippen molar-refractivity contribution in [3.05, 3.63) is 167 Å². The Morgan fingerprint density at radius 3 is 1.67 bits per heavy atom. The third-order valence-corrected chi connectivity index (χ3v) is 7.06. The summed E-state index contributed by atoms with van der Waals surface area (Å²) in [6.07, 6.45) is 0.996. The summed E-state index contributed by atoms with van der Waals surface area (Å²) in [4.78, 5) is 26.5. The van der Waals surface area contributed by atoms with Crippen molar-refractivity contribution in [2.75, 3.05) is 7.11 Å². The summed E-state index contributed by atoms with van der Waals surface area (Å²) >= 11 is 1.81. The first-order valence-corrected chi connectivity index (χ1v) is 13.5. The molecule has 39 heavy (non-hydrogen) atoms. The molecule has 3 nitrogen and oxygen atoms in total. The van der Waals surface area contributed by atoms with Crippen molar-refractivity contribution in [1.29, 1.82) is 0 Å². The maximum atomic E-state index is 12.3. The topological polar surface area (TPSA) is 43.4 Å². The first kappa shape index (κ1) is 27.6. The summed E-state index contributed by atoms with van der Waals surface area (Å²) in [5.74, 6) is -0.688. The third-order valence-electron chi connectivity index (χ3n) is 6.04. The number of esters is 1. The van der Waals surface area contributed by atoms with Crippen molar-refractivity contribution < 1.29 is 14.3 Å². The molecule has 5 aromatic carbocycles. The summed E-state index contributed by atoms with van der Waals surface area (Å²) in [5, 5.41) is 0. The van der Waals surface area contributed by atoms with E-state index in [2.05, 4.69) is 90.5 Å². The molecule has 0 atom stereocenters. The molecule has 0 saturated heterocycles. The SMILES string of the molecule is COC(=O)c1ccccc1C(=O)c1ccccc1.Cc1ccc(Sc2ccc(Cc3ccccc3)cc2)cc1. The second-order valence-electron chi connectivity index (χ2n) is 8.95. The minimum absolute atomic E-state index is 0.184. The molecule has 0 aliphatic rings. The van der Waals surface area contributed by atoms with Gasteiger partial charge in [0.25, 0.3) is 0 Å². The van der Waals surface area contributed by atoms with E-state index in [1.807, 2.05) is 17.8 Å². The average molecular weight is 531 g/mol. The zero-order valence-corrected chi connectivity index (χ0v) is 22.9. The molecule has 5 aromatic rings. The molecule has 0 amide bonds. The molecular weight excluding hydrogens is 500 g/mol. The van der Waals surface area contributed by atoms with Crippen LogP contribution in [0.15, 0.2) is 143 Å². The lowest BCUT2D eigenvalue weighted by molar-refractivity contribution is 0.0597. The second-order valence-corrected chi connectivity index (χ2v) is 10.1. The van der Waals surface area contributed by atoms with E-state index in [0.29, 0.717) is 11.1 Å². The van der Waals surface area contributed by atoms with E-state index in [9.17, 15) is 9.59 Å². The van der Waals surface area contributed by atoms with Crippen LogP contribution in [0, 0.1) is 6.92 Å². The number of hydrogen-bond donors (Lipinski definition) is 0. The monoisotopic (exact) mass is 530 g/mol. The van der Waals surface area contributed by atoms with Crippen LogP contribution in [-0.4, -0.2) is 18.9 Å². The van der Waals surface area contributed by atoms with Gasteiger partial charge < -0.3 is 4.74 Å². The smallest absolute Gasteiger partial charge is 0.338 e. The van der Waals surface area contributed by atoms with E-state index in [0.717, 1.165) is 6.42 Å². The van der Waals surface area contributed by atoms with Gasteiger partial charge in [-0.25, -0.2) is 4.79 Å². The fourth-order valence-electron chi connectivity index (χ4n) is 3.96. The predicted octanol–water partition coefficient (Wildman–Crippen LogP) is 8.44. The largest absolute Gasteiger partial charge is 0.465 e. The van der Waals surface area contributed by atoms with Crippen LogP contribution in [0.25, 0.3) is 0 Å². The number of ketones is 1. The maximum Gasteiger partial charge on any atom is 0.338 e. The van der Waals surface area contributed by atoms with Crippen molar-refractivity contribution in [2.45, 2.75) is 23.1 Å². The molecule has 0 bridgehead atoms. The van der Waals surface area contributed by atoms with Crippen molar-refractivity contribution in [3.63, 3.8) is 0 Å². The van der Waals surface area contributed by atoms with Crippen molar-refractivity contribution in [2.24, 2.45) is 0 Å². The zero-order valence-electron chi connectivity index (χ0n) is 22.0. The van der Waals surface area contributed by atoms with Crippen LogP contribution in [0.1, 0.15) is 43.0 Å². The highest BCUT2D eigenvalue weighted by molar-refractivity contribution is 7.99. The molecular formula is C35H30O3S. The number of aryl methyl sites for hydroxylation is 1. The highest BCUT2D eigenvalue weighted by atomic mass is 32.2. The van der Waals surface area contributed by atoms with E-state index < -0.39 is 5.97 Å². The Bertz CT molecular complexity index is 1490. The van der Waals surface area contributed by atoms with Crippen LogP contribution < -0.4 is 0 Å². The summed E-state index contributed by atoms with van der Waals surface area (Å²) < 4.78 is 4.67. The van der Waals surface area contributed by atoms with E-state index in [-0.39, 0.29) is 11.3 Å². The van der Waals surface area contributed by atoms with E-state index >= 15 is 0 Å². The normalized spacial score (nSPS) is 10.2. The van der Waals surface area contributed by atoms with Crippen LogP contribution >= 0.6 is 11.8 Å². The van der Waals surface area contributed by atoms with E-state index in [4.69, 9.17) is 0 Å². The van der Waals surface area contributed by atoms with Gasteiger partial charge in [-0.2, -0.15) is 0 Å². The van der Waals surface area contributed by atoms with Crippen molar-refractivity contribution in [1.82, 2.24) is 0 Å². The highest BCUT2D eigenvalue weighted by Crippen LogP contribution is 2.28. The number of methoxy groups -OCH3 is 1. The van der Waals surface area contributed by atoms with Gasteiger partial charge in [0.1, 0.15) is 0 Å². The van der Waals surface area contributed by atoms with Crippen LogP contribution in [0.3, 0.4) is 0 Å². The van der Waals surface area contributed by atoms with Gasteiger partial charge >= 0.3 is 5.97 Å². The molecule has 0 fully saturated rings. The second kappa shape index (κ2) is 13.9. The molecule has 194 valence electrons. The Morgan fingerprint density at radius 2 is 1.08 bits per heavy atom. The highest BCUT2D eigenvalue weighted by Gasteiger charge is 2.17. The van der Waals surface area contributed by atoms with Gasteiger partial charge in [-0.05, 0) is 54.8 Å². The Kier molecular flexibility index (Phi) is 9.87. The first-order chi connectivity index (χ1) is 19.0. The number of ether oxygens (including phenoxy) is 1. The quantitative estimate of drug-likeness (QED) is 0.156. The Labute approximate surface area is 234 Å². The van der Waals surface area contributed by atoms with Crippen LogP contribution in [0.2, 0.25) is 0 Å². The summed E-state index contributed by atoms with van der Waals surface area (Å²) in [5.41, 5.74) is 5.21. The molecule has 0 N–H and O–H groups in total. The van der Waals surface area contributed by atoms with E-state index in [1.165, 1.54) is 33.6 Å². The number of hydrogen-bond acceptors (Lipinski definition) is 4. The van der Waals surface area contributed by atoms with Gasteiger partial charge in [0, 0.05) is 20.9 Å². The average Bonchev–Trinajstić information content (AvgIpc) is 3.00. The lowest BCUT2D eigenvalue weighted by Crippen LogP contribution is -2.11. The molecule has 0 saturated carbocycles. The van der Waals surface area contributed by atoms with Crippen LogP contribution in [0.4, 0.5) is 0 Å². The number of carbonyl (C=O) groups excluding carboxylic acids is 2. The first-order valence-electron chi connectivity index (χ1n) is 12.7. The van der Waals surface area contributed by atoms with Gasteiger partial charge in [-0.1, -0.05) is 120 Å². The molecule has 0 spiro atoms. The minimum Gasteiger partial charge on any atom is -0.465 e. The molecule has 0 aromatic heterocycles. The maximum absolute atomic E-state index is 12.3. The van der Waals surface area contributed by atoms with Gasteiger partial charge in [0.05, 0.1) is 12.7 Å². The Hall–Kier alpha value is -4.41. The number of carbonyl (C=O) groups is 2. The summed E-state index contributed by atoms with van der Waals surface area (Å²) in [6, 6.07) is 43.6. The minimum atomic E-state index is -0.505. The van der Waals surface area contributed by atoms with Gasteiger partial charge in [0.2, 0.25) is 0 Å². The zero-order chi connectivity index (χ0) is 27.5.